The van der Waals surface area contributed by atoms with E-state index in [0.29, 0.717) is 28.2 Å². The van der Waals surface area contributed by atoms with Crippen molar-refractivity contribution < 1.29 is 9.32 Å². The van der Waals surface area contributed by atoms with Crippen LogP contribution in [0.15, 0.2) is 28.8 Å². The summed E-state index contributed by atoms with van der Waals surface area (Å²) in [5.41, 5.74) is 1.62. The first-order valence-electron chi connectivity index (χ1n) is 6.29. The molecule has 21 heavy (non-hydrogen) atoms. The van der Waals surface area contributed by atoms with Crippen LogP contribution in [0.3, 0.4) is 0 Å². The molecule has 1 aromatic carbocycles. The van der Waals surface area contributed by atoms with E-state index in [1.165, 1.54) is 0 Å². The summed E-state index contributed by atoms with van der Waals surface area (Å²) >= 11 is 12.0. The molecule has 0 unspecified atom stereocenters. The lowest BCUT2D eigenvalue weighted by molar-refractivity contribution is -0.117. The zero-order valence-corrected chi connectivity index (χ0v) is 13.2. The largest absolute Gasteiger partial charge is 0.338 e. The van der Waals surface area contributed by atoms with Gasteiger partial charge in [0.05, 0.1) is 12.2 Å². The van der Waals surface area contributed by atoms with Gasteiger partial charge in [-0.15, -0.1) is 0 Å². The van der Waals surface area contributed by atoms with Gasteiger partial charge in [0, 0.05) is 22.7 Å². The molecule has 0 saturated carbocycles. The Balaban J connectivity index is 1.89. The standard InChI is InChI=1S/C14H15Cl2N3O2/c1-9-5-14(21-18-9)17-13(20)8-19(2)7-10-3-4-11(15)6-12(10)16/h3-6H,7-8H2,1-2H3,(H,17,20). The molecule has 1 heterocycles. The maximum absolute atomic E-state index is 11.9. The minimum atomic E-state index is -0.182. The Morgan fingerprint density at radius 1 is 1.38 bits per heavy atom. The molecule has 1 amide bonds. The zero-order chi connectivity index (χ0) is 15.4. The van der Waals surface area contributed by atoms with Crippen LogP contribution in [-0.2, 0) is 11.3 Å². The molecule has 1 N–H and O–H groups in total. The van der Waals surface area contributed by atoms with Crippen molar-refractivity contribution in [2.24, 2.45) is 0 Å². The van der Waals surface area contributed by atoms with Crippen molar-refractivity contribution in [2.75, 3.05) is 18.9 Å². The van der Waals surface area contributed by atoms with Gasteiger partial charge in [-0.3, -0.25) is 15.0 Å². The van der Waals surface area contributed by atoms with Crippen molar-refractivity contribution in [3.63, 3.8) is 0 Å². The Morgan fingerprint density at radius 3 is 2.76 bits per heavy atom. The molecule has 1 aromatic heterocycles. The Kier molecular flexibility index (Phi) is 5.22. The van der Waals surface area contributed by atoms with Crippen LogP contribution in [0.1, 0.15) is 11.3 Å². The number of carbonyl (C=O) groups excluding carboxylic acids is 1. The zero-order valence-electron chi connectivity index (χ0n) is 11.7. The van der Waals surface area contributed by atoms with E-state index in [1.54, 1.807) is 25.1 Å². The number of rotatable bonds is 5. The lowest BCUT2D eigenvalue weighted by Crippen LogP contribution is -2.29. The lowest BCUT2D eigenvalue weighted by atomic mass is 10.2. The highest BCUT2D eigenvalue weighted by atomic mass is 35.5. The van der Waals surface area contributed by atoms with Crippen LogP contribution in [0.5, 0.6) is 0 Å². The molecule has 0 atom stereocenters. The van der Waals surface area contributed by atoms with Gasteiger partial charge in [-0.2, -0.15) is 0 Å². The summed E-state index contributed by atoms with van der Waals surface area (Å²) < 4.78 is 4.93. The number of amides is 1. The molecule has 0 aliphatic carbocycles. The molecule has 0 aliphatic rings. The molecule has 0 bridgehead atoms. The summed E-state index contributed by atoms with van der Waals surface area (Å²) in [6, 6.07) is 6.96. The van der Waals surface area contributed by atoms with Crippen molar-refractivity contribution in [1.82, 2.24) is 10.1 Å². The Hall–Kier alpha value is -1.56. The van der Waals surface area contributed by atoms with E-state index in [9.17, 15) is 4.79 Å². The maximum Gasteiger partial charge on any atom is 0.240 e. The lowest BCUT2D eigenvalue weighted by Gasteiger charge is -2.16. The predicted molar refractivity (Wildman–Crippen MR) is 82.7 cm³/mol. The second-order valence-corrected chi connectivity index (χ2v) is 5.63. The van der Waals surface area contributed by atoms with Crippen LogP contribution in [0.25, 0.3) is 0 Å². The van der Waals surface area contributed by atoms with Crippen LogP contribution >= 0.6 is 23.2 Å². The number of anilines is 1. The van der Waals surface area contributed by atoms with Gasteiger partial charge in [-0.05, 0) is 31.7 Å². The summed E-state index contributed by atoms with van der Waals surface area (Å²) in [6.45, 7) is 2.53. The highest BCUT2D eigenvalue weighted by molar-refractivity contribution is 6.35. The van der Waals surface area contributed by atoms with E-state index < -0.39 is 0 Å². The molecule has 0 fully saturated rings. The molecule has 5 nitrogen and oxygen atoms in total. The molecule has 112 valence electrons. The molecule has 7 heteroatoms. The van der Waals surface area contributed by atoms with Gasteiger partial charge in [0.2, 0.25) is 11.8 Å². The number of aryl methyl sites for hydroxylation is 1. The fourth-order valence-corrected chi connectivity index (χ4v) is 2.31. The van der Waals surface area contributed by atoms with Gasteiger partial charge in [-0.25, -0.2) is 0 Å². The summed E-state index contributed by atoms with van der Waals surface area (Å²) in [5, 5.41) is 7.51. The molecular weight excluding hydrogens is 313 g/mol. The van der Waals surface area contributed by atoms with Crippen LogP contribution in [-0.4, -0.2) is 29.6 Å². The Bertz CT molecular complexity index is 643. The quantitative estimate of drug-likeness (QED) is 0.914. The average molecular weight is 328 g/mol. The number of aromatic nitrogens is 1. The van der Waals surface area contributed by atoms with Gasteiger partial charge >= 0.3 is 0 Å². The van der Waals surface area contributed by atoms with Crippen molar-refractivity contribution in [1.29, 1.82) is 0 Å². The van der Waals surface area contributed by atoms with Gasteiger partial charge in [-0.1, -0.05) is 34.4 Å². The monoisotopic (exact) mass is 327 g/mol. The normalized spacial score (nSPS) is 10.9. The second-order valence-electron chi connectivity index (χ2n) is 4.79. The van der Waals surface area contributed by atoms with Gasteiger partial charge < -0.3 is 4.52 Å². The number of carbonyl (C=O) groups is 1. The molecule has 0 radical (unpaired) electrons. The van der Waals surface area contributed by atoms with E-state index >= 15 is 0 Å². The molecule has 0 spiro atoms. The first-order valence-corrected chi connectivity index (χ1v) is 7.05. The summed E-state index contributed by atoms with van der Waals surface area (Å²) in [5.74, 6) is 0.161. The summed E-state index contributed by atoms with van der Waals surface area (Å²) in [6.07, 6.45) is 0. The highest BCUT2D eigenvalue weighted by Gasteiger charge is 2.11. The Morgan fingerprint density at radius 2 is 2.14 bits per heavy atom. The van der Waals surface area contributed by atoms with E-state index in [2.05, 4.69) is 10.5 Å². The first-order chi connectivity index (χ1) is 9.94. The molecule has 0 aliphatic heterocycles. The van der Waals surface area contributed by atoms with Gasteiger partial charge in [0.15, 0.2) is 0 Å². The highest BCUT2D eigenvalue weighted by Crippen LogP contribution is 2.21. The van der Waals surface area contributed by atoms with E-state index in [-0.39, 0.29) is 12.5 Å². The third-order valence-electron chi connectivity index (χ3n) is 2.76. The predicted octanol–water partition coefficient (Wildman–Crippen LogP) is 3.36. The SMILES string of the molecule is Cc1cc(NC(=O)CN(C)Cc2ccc(Cl)cc2Cl)on1. The maximum atomic E-state index is 11.9. The fraction of sp³-hybridized carbons (Fsp3) is 0.286. The number of hydrogen-bond donors (Lipinski definition) is 1. The van der Waals surface area contributed by atoms with E-state index in [4.69, 9.17) is 27.7 Å². The second kappa shape index (κ2) is 6.93. The van der Waals surface area contributed by atoms with Crippen LogP contribution in [0.4, 0.5) is 5.88 Å². The number of nitrogens with one attached hydrogen (secondary N) is 1. The van der Waals surface area contributed by atoms with Crippen LogP contribution in [0, 0.1) is 6.92 Å². The fourth-order valence-electron chi connectivity index (χ4n) is 1.84. The van der Waals surface area contributed by atoms with Crippen molar-refractivity contribution in [3.05, 3.63) is 45.6 Å². The number of likely N-dealkylation sites (N-methyl/N-ethyl adjacent to an activating group) is 1. The van der Waals surface area contributed by atoms with E-state index in [0.717, 1.165) is 5.56 Å². The molecule has 2 rings (SSSR count). The smallest absolute Gasteiger partial charge is 0.240 e. The van der Waals surface area contributed by atoms with Crippen LogP contribution < -0.4 is 5.32 Å². The number of benzene rings is 1. The molecule has 0 saturated heterocycles. The van der Waals surface area contributed by atoms with Gasteiger partial charge in [0.1, 0.15) is 0 Å². The number of hydrogen-bond acceptors (Lipinski definition) is 4. The van der Waals surface area contributed by atoms with Gasteiger partial charge in [0.25, 0.3) is 0 Å². The molecule has 2 aromatic rings. The minimum absolute atomic E-state index is 0.182. The van der Waals surface area contributed by atoms with Crippen molar-refractivity contribution >= 4 is 35.0 Å². The average Bonchev–Trinajstić information content (AvgIpc) is 2.78. The van der Waals surface area contributed by atoms with Crippen molar-refractivity contribution in [3.8, 4) is 0 Å². The molecular formula is C14H15Cl2N3O2. The topological polar surface area (TPSA) is 58.4 Å². The minimum Gasteiger partial charge on any atom is -0.338 e. The third kappa shape index (κ3) is 4.74. The Labute approximate surface area is 132 Å². The summed E-state index contributed by atoms with van der Waals surface area (Å²) in [7, 11) is 1.83. The first kappa shape index (κ1) is 15.8. The third-order valence-corrected chi connectivity index (χ3v) is 3.35. The summed E-state index contributed by atoms with van der Waals surface area (Å²) in [4.78, 5) is 13.7. The van der Waals surface area contributed by atoms with E-state index in [1.807, 2.05) is 18.0 Å². The van der Waals surface area contributed by atoms with Crippen molar-refractivity contribution in [2.45, 2.75) is 13.5 Å². The van der Waals surface area contributed by atoms with Crippen LogP contribution in [0.2, 0.25) is 10.0 Å². The number of halogens is 2. The number of nitrogens with zero attached hydrogens (tertiary/aromatic N) is 2.